The molecule has 0 aromatic heterocycles. The average Bonchev–Trinajstić information content (AvgIpc) is 2.30. The van der Waals surface area contributed by atoms with Gasteiger partial charge in [-0.3, -0.25) is 0 Å². The normalized spacial score (nSPS) is 25.5. The van der Waals surface area contributed by atoms with Crippen LogP contribution in [-0.4, -0.2) is 28.9 Å². The topological polar surface area (TPSA) is 43.7 Å². The van der Waals surface area contributed by atoms with Gasteiger partial charge in [0.05, 0.1) is 11.7 Å². The quantitative estimate of drug-likeness (QED) is 0.865. The summed E-state index contributed by atoms with van der Waals surface area (Å²) in [6.45, 7) is 6.50. The minimum atomic E-state index is -0.726. The molecule has 1 aromatic carbocycles. The van der Waals surface area contributed by atoms with E-state index in [9.17, 15) is 14.6 Å². The van der Waals surface area contributed by atoms with Crippen LogP contribution in [0.25, 0.3) is 0 Å². The highest BCUT2D eigenvalue weighted by atomic mass is 19.1. The Morgan fingerprint density at radius 2 is 2.11 bits per heavy atom. The van der Waals surface area contributed by atoms with Gasteiger partial charge in [-0.15, -0.1) is 0 Å². The molecule has 1 unspecified atom stereocenters. The number of piperidine rings is 1. The van der Waals surface area contributed by atoms with Crippen LogP contribution in [0.2, 0.25) is 0 Å². The zero-order valence-electron chi connectivity index (χ0n) is 11.8. The third-order valence-electron chi connectivity index (χ3n) is 3.77. The van der Waals surface area contributed by atoms with Gasteiger partial charge >= 0.3 is 0 Å². The number of aliphatic hydroxyl groups is 2. The van der Waals surface area contributed by atoms with E-state index < -0.39 is 11.7 Å². The molecule has 0 bridgehead atoms. The van der Waals surface area contributed by atoms with Crippen LogP contribution in [0.5, 0.6) is 0 Å². The second kappa shape index (κ2) is 5.10. The highest BCUT2D eigenvalue weighted by Gasteiger charge is 2.30. The van der Waals surface area contributed by atoms with Crippen molar-refractivity contribution in [3.8, 4) is 0 Å². The molecular formula is C15H22FNO2. The lowest BCUT2D eigenvalue weighted by molar-refractivity contribution is 0.0447. The lowest BCUT2D eigenvalue weighted by Gasteiger charge is -2.39. The smallest absolute Gasteiger partial charge is 0.126 e. The third-order valence-corrected chi connectivity index (χ3v) is 3.77. The van der Waals surface area contributed by atoms with Gasteiger partial charge < -0.3 is 15.1 Å². The first-order valence-corrected chi connectivity index (χ1v) is 6.75. The van der Waals surface area contributed by atoms with Gasteiger partial charge in [-0.25, -0.2) is 4.39 Å². The molecule has 0 spiro atoms. The van der Waals surface area contributed by atoms with E-state index >= 15 is 0 Å². The molecule has 2 rings (SSSR count). The number of nitrogens with zero attached hydrogens (tertiary/aromatic N) is 1. The molecule has 4 heteroatoms. The number of hydrogen-bond acceptors (Lipinski definition) is 3. The summed E-state index contributed by atoms with van der Waals surface area (Å²) in [6, 6.07) is 3.16. The van der Waals surface area contributed by atoms with Crippen molar-refractivity contribution >= 4 is 5.69 Å². The number of hydrogen-bond donors (Lipinski definition) is 2. The molecule has 1 saturated heterocycles. The largest absolute Gasteiger partial charge is 0.389 e. The Morgan fingerprint density at radius 3 is 2.68 bits per heavy atom. The predicted octanol–water partition coefficient (Wildman–Crippen LogP) is 2.54. The summed E-state index contributed by atoms with van der Waals surface area (Å²) in [6.07, 6.45) is 0.938. The SMILES string of the molecule is Cc1cc(N2CCCC(C)(O)C2)c([C@H](C)O)cc1F. The molecule has 0 amide bonds. The summed E-state index contributed by atoms with van der Waals surface area (Å²) >= 11 is 0. The number of aryl methyl sites for hydroxylation is 1. The third kappa shape index (κ3) is 3.07. The van der Waals surface area contributed by atoms with Gasteiger partial charge in [-0.1, -0.05) is 0 Å². The molecular weight excluding hydrogens is 245 g/mol. The Bertz CT molecular complexity index is 471. The van der Waals surface area contributed by atoms with E-state index in [0.29, 0.717) is 17.7 Å². The maximum atomic E-state index is 13.7. The minimum absolute atomic E-state index is 0.302. The fourth-order valence-corrected chi connectivity index (χ4v) is 2.72. The van der Waals surface area contributed by atoms with Crippen molar-refractivity contribution in [1.82, 2.24) is 0 Å². The summed E-state index contributed by atoms with van der Waals surface area (Å²) in [4.78, 5) is 2.04. The molecule has 2 N–H and O–H groups in total. The van der Waals surface area contributed by atoms with Gasteiger partial charge in [-0.05, 0) is 51.3 Å². The van der Waals surface area contributed by atoms with E-state index in [4.69, 9.17) is 0 Å². The standard InChI is InChI=1S/C15H22FNO2/c1-10-7-14(12(11(2)18)8-13(10)16)17-6-4-5-15(3,19)9-17/h7-8,11,18-19H,4-6,9H2,1-3H3/t11-,15?/m0/s1. The lowest BCUT2D eigenvalue weighted by Crippen LogP contribution is -2.46. The number of halogens is 1. The van der Waals surface area contributed by atoms with E-state index in [0.717, 1.165) is 25.1 Å². The monoisotopic (exact) mass is 267 g/mol. The van der Waals surface area contributed by atoms with Crippen LogP contribution in [-0.2, 0) is 0 Å². The van der Waals surface area contributed by atoms with Gasteiger partial charge in [0.15, 0.2) is 0 Å². The van der Waals surface area contributed by atoms with E-state index in [2.05, 4.69) is 0 Å². The zero-order valence-corrected chi connectivity index (χ0v) is 11.8. The van der Waals surface area contributed by atoms with Crippen molar-refractivity contribution in [2.24, 2.45) is 0 Å². The number of anilines is 1. The van der Waals surface area contributed by atoms with Gasteiger partial charge in [-0.2, -0.15) is 0 Å². The first kappa shape index (κ1) is 14.3. The van der Waals surface area contributed by atoms with Crippen molar-refractivity contribution in [3.63, 3.8) is 0 Å². The first-order chi connectivity index (χ1) is 8.80. The minimum Gasteiger partial charge on any atom is -0.389 e. The Balaban J connectivity index is 2.40. The molecule has 19 heavy (non-hydrogen) atoms. The Morgan fingerprint density at radius 1 is 1.42 bits per heavy atom. The molecule has 2 atom stereocenters. The van der Waals surface area contributed by atoms with Crippen molar-refractivity contribution in [2.45, 2.75) is 45.3 Å². The maximum Gasteiger partial charge on any atom is 0.126 e. The van der Waals surface area contributed by atoms with Crippen LogP contribution in [0.1, 0.15) is 43.9 Å². The van der Waals surface area contributed by atoms with Gasteiger partial charge in [0.2, 0.25) is 0 Å². The number of aliphatic hydroxyl groups excluding tert-OH is 1. The highest BCUT2D eigenvalue weighted by molar-refractivity contribution is 5.57. The molecule has 0 saturated carbocycles. The van der Waals surface area contributed by atoms with Crippen LogP contribution in [0.3, 0.4) is 0 Å². The van der Waals surface area contributed by atoms with E-state index in [1.807, 2.05) is 11.8 Å². The summed E-state index contributed by atoms with van der Waals surface area (Å²) in [7, 11) is 0. The summed E-state index contributed by atoms with van der Waals surface area (Å²) in [5.74, 6) is -0.302. The molecule has 1 aromatic rings. The highest BCUT2D eigenvalue weighted by Crippen LogP contribution is 2.33. The van der Waals surface area contributed by atoms with E-state index in [1.165, 1.54) is 6.07 Å². The van der Waals surface area contributed by atoms with E-state index in [1.54, 1.807) is 19.9 Å². The second-order valence-corrected chi connectivity index (χ2v) is 5.86. The van der Waals surface area contributed by atoms with Crippen molar-refractivity contribution in [2.75, 3.05) is 18.0 Å². The van der Waals surface area contributed by atoms with Crippen LogP contribution in [0, 0.1) is 12.7 Å². The number of benzene rings is 1. The predicted molar refractivity (Wildman–Crippen MR) is 73.8 cm³/mol. The van der Waals surface area contributed by atoms with Crippen molar-refractivity contribution < 1.29 is 14.6 Å². The van der Waals surface area contributed by atoms with Crippen molar-refractivity contribution in [3.05, 3.63) is 29.1 Å². The molecule has 1 heterocycles. The molecule has 1 aliphatic rings. The molecule has 1 aliphatic heterocycles. The fraction of sp³-hybridized carbons (Fsp3) is 0.600. The van der Waals surface area contributed by atoms with Crippen LogP contribution in [0.4, 0.5) is 10.1 Å². The number of rotatable bonds is 2. The van der Waals surface area contributed by atoms with Crippen LogP contribution in [0.15, 0.2) is 12.1 Å². The van der Waals surface area contributed by atoms with Crippen molar-refractivity contribution in [1.29, 1.82) is 0 Å². The first-order valence-electron chi connectivity index (χ1n) is 6.75. The summed E-state index contributed by atoms with van der Waals surface area (Å²) in [5.41, 5.74) is 1.25. The van der Waals surface area contributed by atoms with Gasteiger partial charge in [0, 0.05) is 24.3 Å². The van der Waals surface area contributed by atoms with Gasteiger partial charge in [0.1, 0.15) is 5.82 Å². The average molecular weight is 267 g/mol. The Hall–Kier alpha value is -1.13. The molecule has 1 fully saturated rings. The zero-order chi connectivity index (χ0) is 14.2. The Labute approximate surface area is 113 Å². The molecule has 3 nitrogen and oxygen atoms in total. The van der Waals surface area contributed by atoms with Crippen LogP contribution >= 0.6 is 0 Å². The van der Waals surface area contributed by atoms with Gasteiger partial charge in [0.25, 0.3) is 0 Å². The Kier molecular flexibility index (Phi) is 3.83. The van der Waals surface area contributed by atoms with Crippen LogP contribution < -0.4 is 4.90 Å². The fourth-order valence-electron chi connectivity index (χ4n) is 2.72. The number of β-amino-alcohol motifs (C(OH)–C–C–N with tert-alkyl or cyclic N) is 1. The molecule has 106 valence electrons. The molecule has 0 radical (unpaired) electrons. The van der Waals surface area contributed by atoms with E-state index in [-0.39, 0.29) is 5.82 Å². The summed E-state index contributed by atoms with van der Waals surface area (Å²) < 4.78 is 13.7. The second-order valence-electron chi connectivity index (χ2n) is 5.86. The molecule has 0 aliphatic carbocycles. The lowest BCUT2D eigenvalue weighted by atomic mass is 9.93. The maximum absolute atomic E-state index is 13.7. The summed E-state index contributed by atoms with van der Waals surface area (Å²) in [5, 5.41) is 20.0.